The quantitative estimate of drug-likeness (QED) is 0.769. The number of benzene rings is 1. The number of esters is 1. The van der Waals surface area contributed by atoms with Crippen molar-refractivity contribution in [2.24, 2.45) is 5.92 Å². The highest BCUT2D eigenvalue weighted by Crippen LogP contribution is 2.36. The Morgan fingerprint density at radius 3 is 2.50 bits per heavy atom. The van der Waals surface area contributed by atoms with Gasteiger partial charge >= 0.3 is 18.2 Å². The first-order chi connectivity index (χ1) is 12.2. The minimum absolute atomic E-state index is 0.0445. The molecule has 2 N–H and O–H groups in total. The number of nitrogens with zero attached hydrogens (tertiary/aromatic N) is 1. The molecule has 26 heavy (non-hydrogen) atoms. The van der Waals surface area contributed by atoms with Crippen molar-refractivity contribution in [3.63, 3.8) is 0 Å². The van der Waals surface area contributed by atoms with Gasteiger partial charge in [-0.05, 0) is 43.9 Å². The summed E-state index contributed by atoms with van der Waals surface area (Å²) in [6.07, 6.45) is -4.41. The van der Waals surface area contributed by atoms with E-state index in [0.717, 1.165) is 18.2 Å². The van der Waals surface area contributed by atoms with Crippen LogP contribution >= 0.6 is 0 Å². The van der Waals surface area contributed by atoms with E-state index in [0.29, 0.717) is 25.9 Å². The van der Waals surface area contributed by atoms with Crippen LogP contribution in [0.4, 0.5) is 23.7 Å². The second-order valence-electron chi connectivity index (χ2n) is 6.07. The lowest BCUT2D eigenvalue weighted by Gasteiger charge is -2.30. The maximum atomic E-state index is 13.2. The molecule has 0 aliphatic carbocycles. The third kappa shape index (κ3) is 5.03. The predicted octanol–water partition coefficient (Wildman–Crippen LogP) is 3.68. The fourth-order valence-corrected chi connectivity index (χ4v) is 2.86. The van der Waals surface area contributed by atoms with Crippen LogP contribution in [0, 0.1) is 5.92 Å². The van der Waals surface area contributed by atoms with Crippen LogP contribution < -0.4 is 5.32 Å². The second kappa shape index (κ2) is 8.29. The van der Waals surface area contributed by atoms with Gasteiger partial charge in [-0.25, -0.2) is 9.59 Å². The molecule has 6 nitrogen and oxygen atoms in total. The molecule has 0 bridgehead atoms. The number of carbonyl (C=O) groups excluding carboxylic acids is 1. The van der Waals surface area contributed by atoms with Gasteiger partial charge in [0, 0.05) is 25.3 Å². The van der Waals surface area contributed by atoms with Crippen molar-refractivity contribution in [3.05, 3.63) is 29.3 Å². The average molecular weight is 374 g/mol. The molecule has 0 aromatic heterocycles. The van der Waals surface area contributed by atoms with Gasteiger partial charge in [-0.1, -0.05) is 0 Å². The van der Waals surface area contributed by atoms with Crippen molar-refractivity contribution in [1.29, 1.82) is 0 Å². The normalized spacial score (nSPS) is 15.6. The number of anilines is 1. The number of likely N-dealkylation sites (tertiary alicyclic amines) is 1. The van der Waals surface area contributed by atoms with Crippen LogP contribution in [-0.2, 0) is 10.9 Å². The Bertz CT molecular complexity index is 656. The Balaban J connectivity index is 2.09. The predicted molar refractivity (Wildman–Crippen MR) is 88.2 cm³/mol. The minimum atomic E-state index is -4.55. The topological polar surface area (TPSA) is 78.9 Å². The van der Waals surface area contributed by atoms with Crippen LogP contribution in [0.3, 0.4) is 0 Å². The number of ether oxygens (including phenoxy) is 1. The van der Waals surface area contributed by atoms with Gasteiger partial charge < -0.3 is 20.1 Å². The molecular formula is C17H21F3N2O4. The number of hydrogen-bond acceptors (Lipinski definition) is 4. The van der Waals surface area contributed by atoms with Gasteiger partial charge in [0.05, 0.1) is 17.7 Å². The monoisotopic (exact) mass is 374 g/mol. The molecule has 0 saturated carbocycles. The van der Waals surface area contributed by atoms with E-state index in [4.69, 9.17) is 9.84 Å². The summed E-state index contributed by atoms with van der Waals surface area (Å²) in [7, 11) is 0. The van der Waals surface area contributed by atoms with Crippen molar-refractivity contribution in [3.8, 4) is 0 Å². The van der Waals surface area contributed by atoms with Crippen molar-refractivity contribution < 1.29 is 32.6 Å². The van der Waals surface area contributed by atoms with Crippen molar-refractivity contribution in [2.45, 2.75) is 25.9 Å². The van der Waals surface area contributed by atoms with E-state index in [9.17, 15) is 22.8 Å². The summed E-state index contributed by atoms with van der Waals surface area (Å²) in [4.78, 5) is 24.0. The number of alkyl halides is 3. The molecule has 144 valence electrons. The maximum absolute atomic E-state index is 13.2. The molecular weight excluding hydrogens is 353 g/mol. The molecule has 1 aromatic carbocycles. The largest absolute Gasteiger partial charge is 0.465 e. The van der Waals surface area contributed by atoms with E-state index in [1.165, 1.54) is 4.90 Å². The van der Waals surface area contributed by atoms with Crippen LogP contribution in [-0.4, -0.2) is 48.3 Å². The number of halogens is 3. The summed E-state index contributed by atoms with van der Waals surface area (Å²) < 4.78 is 44.4. The van der Waals surface area contributed by atoms with Crippen molar-refractivity contribution in [1.82, 2.24) is 4.90 Å². The van der Waals surface area contributed by atoms with Crippen LogP contribution in [0.25, 0.3) is 0 Å². The zero-order valence-electron chi connectivity index (χ0n) is 14.3. The first-order valence-corrected chi connectivity index (χ1v) is 8.32. The SMILES string of the molecule is CCOC(=O)c1ccc(C(F)(F)F)c(NCC2CCN(C(=O)O)CC2)c1. The van der Waals surface area contributed by atoms with Gasteiger partial charge in [0.25, 0.3) is 0 Å². The first kappa shape index (κ1) is 19.9. The van der Waals surface area contributed by atoms with Crippen LogP contribution in [0.2, 0.25) is 0 Å². The minimum Gasteiger partial charge on any atom is -0.465 e. The highest BCUT2D eigenvalue weighted by atomic mass is 19.4. The zero-order chi connectivity index (χ0) is 19.3. The summed E-state index contributed by atoms with van der Waals surface area (Å²) in [6.45, 7) is 2.73. The van der Waals surface area contributed by atoms with E-state index < -0.39 is 23.8 Å². The molecule has 0 unspecified atom stereocenters. The molecule has 0 atom stereocenters. The van der Waals surface area contributed by atoms with E-state index in [2.05, 4.69) is 5.32 Å². The highest BCUT2D eigenvalue weighted by Gasteiger charge is 2.34. The number of carboxylic acid groups (broad SMARTS) is 1. The van der Waals surface area contributed by atoms with Gasteiger partial charge in [-0.2, -0.15) is 13.2 Å². The van der Waals surface area contributed by atoms with Gasteiger partial charge in [0.15, 0.2) is 0 Å². The van der Waals surface area contributed by atoms with Gasteiger partial charge in [0.2, 0.25) is 0 Å². The summed E-state index contributed by atoms with van der Waals surface area (Å²) in [5.41, 5.74) is -0.986. The third-order valence-corrected chi connectivity index (χ3v) is 4.30. The lowest BCUT2D eigenvalue weighted by Crippen LogP contribution is -2.39. The molecule has 1 heterocycles. The lowest BCUT2D eigenvalue weighted by molar-refractivity contribution is -0.137. The van der Waals surface area contributed by atoms with Gasteiger partial charge in [-0.3, -0.25) is 0 Å². The van der Waals surface area contributed by atoms with Crippen molar-refractivity contribution >= 4 is 17.7 Å². The number of piperidine rings is 1. The fourth-order valence-electron chi connectivity index (χ4n) is 2.86. The summed E-state index contributed by atoms with van der Waals surface area (Å²) in [6, 6.07) is 3.10. The number of rotatable bonds is 5. The molecule has 1 saturated heterocycles. The van der Waals surface area contributed by atoms with Gasteiger partial charge in [-0.15, -0.1) is 0 Å². The Kier molecular flexibility index (Phi) is 6.33. The first-order valence-electron chi connectivity index (χ1n) is 8.32. The molecule has 0 spiro atoms. The Labute approximate surface area is 148 Å². The second-order valence-corrected chi connectivity index (χ2v) is 6.07. The highest BCUT2D eigenvalue weighted by molar-refractivity contribution is 5.91. The van der Waals surface area contributed by atoms with Crippen molar-refractivity contribution in [2.75, 3.05) is 31.6 Å². The number of amides is 1. The van der Waals surface area contributed by atoms with Crippen LogP contribution in [0.15, 0.2) is 18.2 Å². The van der Waals surface area contributed by atoms with Crippen LogP contribution in [0.1, 0.15) is 35.7 Å². The van der Waals surface area contributed by atoms with E-state index in [1.54, 1.807) is 6.92 Å². The fraction of sp³-hybridized carbons (Fsp3) is 0.529. The van der Waals surface area contributed by atoms with E-state index in [1.807, 2.05) is 0 Å². The average Bonchev–Trinajstić information content (AvgIpc) is 2.59. The standard InChI is InChI=1S/C17H21F3N2O4/c1-2-26-15(23)12-3-4-13(17(18,19)20)14(9-12)21-10-11-5-7-22(8-6-11)16(24)25/h3-4,9,11,21H,2,5-8,10H2,1H3,(H,24,25). The van der Waals surface area contributed by atoms with Crippen LogP contribution in [0.5, 0.6) is 0 Å². The Hall–Kier alpha value is -2.45. The Morgan fingerprint density at radius 1 is 1.31 bits per heavy atom. The molecule has 1 fully saturated rings. The lowest BCUT2D eigenvalue weighted by atomic mass is 9.96. The molecule has 2 rings (SSSR count). The summed E-state index contributed by atoms with van der Waals surface area (Å²) in [5.74, 6) is -0.628. The zero-order valence-corrected chi connectivity index (χ0v) is 14.3. The molecule has 1 aliphatic rings. The Morgan fingerprint density at radius 2 is 1.96 bits per heavy atom. The number of hydrogen-bond donors (Lipinski definition) is 2. The van der Waals surface area contributed by atoms with E-state index >= 15 is 0 Å². The summed E-state index contributed by atoms with van der Waals surface area (Å²) >= 11 is 0. The number of nitrogens with one attached hydrogen (secondary N) is 1. The molecule has 0 radical (unpaired) electrons. The number of carbonyl (C=O) groups is 2. The third-order valence-electron chi connectivity index (χ3n) is 4.30. The molecule has 1 aromatic rings. The molecule has 1 aliphatic heterocycles. The maximum Gasteiger partial charge on any atom is 0.418 e. The smallest absolute Gasteiger partial charge is 0.418 e. The van der Waals surface area contributed by atoms with Gasteiger partial charge in [0.1, 0.15) is 0 Å². The molecule has 1 amide bonds. The molecule has 9 heteroatoms. The van der Waals surface area contributed by atoms with E-state index in [-0.39, 0.29) is 30.3 Å². The summed E-state index contributed by atoms with van der Waals surface area (Å²) in [5, 5.41) is 11.7.